The quantitative estimate of drug-likeness (QED) is 0.102. The number of rotatable bonds is 12. The van der Waals surface area contributed by atoms with Crippen LogP contribution in [0.2, 0.25) is 0 Å². The lowest BCUT2D eigenvalue weighted by Gasteiger charge is -2.14. The van der Waals surface area contributed by atoms with Crippen molar-refractivity contribution < 1.29 is 73.8 Å². The van der Waals surface area contributed by atoms with E-state index < -0.39 is 104 Å². The van der Waals surface area contributed by atoms with Gasteiger partial charge in [0.25, 0.3) is 17.7 Å². The maximum Gasteiger partial charge on any atom is 0.335 e. The van der Waals surface area contributed by atoms with Gasteiger partial charge in [0, 0.05) is 33.8 Å². The van der Waals surface area contributed by atoms with Gasteiger partial charge < -0.3 is 46.6 Å². The Kier molecular flexibility index (Phi) is 10.2. The Morgan fingerprint density at radius 3 is 0.588 bits per heavy atom. The molecule has 0 aliphatic carbocycles. The van der Waals surface area contributed by atoms with E-state index in [4.69, 9.17) is 0 Å². The summed E-state index contributed by atoms with van der Waals surface area (Å²) < 4.78 is 0. The molecule has 4 aromatic carbocycles. The van der Waals surface area contributed by atoms with E-state index in [1.54, 1.807) is 0 Å². The molecular weight excluding hydrogens is 678 g/mol. The lowest BCUT2D eigenvalue weighted by Crippen LogP contribution is -2.18. The molecule has 0 aromatic heterocycles. The first-order valence-corrected chi connectivity index (χ1v) is 13.9. The van der Waals surface area contributed by atoms with Gasteiger partial charge in [0.2, 0.25) is 0 Å². The highest BCUT2D eigenvalue weighted by Gasteiger charge is 2.20. The van der Waals surface area contributed by atoms with Crippen molar-refractivity contribution in [3.05, 3.63) is 123 Å². The van der Waals surface area contributed by atoms with Gasteiger partial charge in [-0.05, 0) is 72.8 Å². The van der Waals surface area contributed by atoms with Crippen LogP contribution in [0.25, 0.3) is 0 Å². The smallest absolute Gasteiger partial charge is 0.335 e. The van der Waals surface area contributed by atoms with E-state index in [1.807, 2.05) is 0 Å². The van der Waals surface area contributed by atoms with Gasteiger partial charge in [-0.15, -0.1) is 0 Å². The van der Waals surface area contributed by atoms with Crippen molar-refractivity contribution >= 4 is 70.6 Å². The third-order valence-electron chi connectivity index (χ3n) is 6.77. The number of nitrogens with one attached hydrogen (secondary N) is 3. The molecule has 18 heteroatoms. The number of benzene rings is 4. The number of anilines is 3. The molecule has 0 saturated heterocycles. The number of carbonyl (C=O) groups is 9. The number of carboxylic acids is 6. The third-order valence-corrected chi connectivity index (χ3v) is 6.77. The van der Waals surface area contributed by atoms with Crippen LogP contribution >= 0.6 is 0 Å². The number of hydrogen-bond donors (Lipinski definition) is 9. The molecule has 0 saturated carbocycles. The molecular formula is C33H21N3O15. The largest absolute Gasteiger partial charge is 0.478 e. The molecule has 0 atom stereocenters. The minimum absolute atomic E-state index is 0.221. The number of hydrogen-bond acceptors (Lipinski definition) is 9. The van der Waals surface area contributed by atoms with E-state index in [0.29, 0.717) is 0 Å². The number of carbonyl (C=O) groups excluding carboxylic acids is 3. The molecule has 0 bridgehead atoms. The second kappa shape index (κ2) is 14.5. The van der Waals surface area contributed by atoms with Gasteiger partial charge in [-0.25, -0.2) is 28.8 Å². The van der Waals surface area contributed by atoms with Crippen LogP contribution < -0.4 is 16.0 Å². The van der Waals surface area contributed by atoms with E-state index in [9.17, 15) is 73.8 Å². The summed E-state index contributed by atoms with van der Waals surface area (Å²) in [6.45, 7) is 0. The third kappa shape index (κ3) is 8.73. The molecule has 0 aliphatic heterocycles. The average molecular weight is 700 g/mol. The molecule has 4 rings (SSSR count). The first kappa shape index (κ1) is 36.0. The Morgan fingerprint density at radius 2 is 0.431 bits per heavy atom. The van der Waals surface area contributed by atoms with Gasteiger partial charge >= 0.3 is 35.8 Å². The van der Waals surface area contributed by atoms with Crippen molar-refractivity contribution in [3.8, 4) is 0 Å². The predicted octanol–water partition coefficient (Wildman–Crippen LogP) is 3.63. The monoisotopic (exact) mass is 699 g/mol. The van der Waals surface area contributed by atoms with Crippen LogP contribution in [0.5, 0.6) is 0 Å². The Balaban J connectivity index is 1.77. The van der Waals surface area contributed by atoms with Crippen LogP contribution in [0.15, 0.2) is 72.8 Å². The summed E-state index contributed by atoms with van der Waals surface area (Å²) >= 11 is 0. The van der Waals surface area contributed by atoms with Crippen molar-refractivity contribution in [1.82, 2.24) is 0 Å². The van der Waals surface area contributed by atoms with Gasteiger partial charge in [0.15, 0.2) is 0 Å². The highest BCUT2D eigenvalue weighted by molar-refractivity contribution is 6.11. The summed E-state index contributed by atoms with van der Waals surface area (Å²) in [6, 6.07) is 11.0. The van der Waals surface area contributed by atoms with Crippen LogP contribution in [0.1, 0.15) is 93.2 Å². The van der Waals surface area contributed by atoms with Crippen molar-refractivity contribution in [2.45, 2.75) is 0 Å². The van der Waals surface area contributed by atoms with Crippen molar-refractivity contribution in [1.29, 1.82) is 0 Å². The zero-order chi connectivity index (χ0) is 37.7. The number of aromatic carboxylic acids is 6. The Morgan fingerprint density at radius 1 is 0.275 bits per heavy atom. The molecule has 9 N–H and O–H groups in total. The Labute approximate surface area is 283 Å². The normalized spacial score (nSPS) is 10.4. The number of amides is 3. The van der Waals surface area contributed by atoms with E-state index in [-0.39, 0.29) is 17.1 Å². The topological polar surface area (TPSA) is 311 Å². The van der Waals surface area contributed by atoms with E-state index in [2.05, 4.69) is 16.0 Å². The summed E-state index contributed by atoms with van der Waals surface area (Å²) in [5.74, 6) is -12.4. The molecule has 0 heterocycles. The summed E-state index contributed by atoms with van der Waals surface area (Å²) in [5.41, 5.74) is -5.17. The second-order valence-electron chi connectivity index (χ2n) is 10.4. The van der Waals surface area contributed by atoms with Gasteiger partial charge in [-0.3, -0.25) is 14.4 Å². The fourth-order valence-electron chi connectivity index (χ4n) is 4.47. The maximum absolute atomic E-state index is 13.2. The first-order valence-electron chi connectivity index (χ1n) is 13.9. The lowest BCUT2D eigenvalue weighted by atomic mass is 10.0. The first-order chi connectivity index (χ1) is 23.9. The molecule has 0 unspecified atom stereocenters. The van der Waals surface area contributed by atoms with Crippen LogP contribution in [0.4, 0.5) is 17.1 Å². The second-order valence-corrected chi connectivity index (χ2v) is 10.4. The Hall–Kier alpha value is -7.89. The van der Waals surface area contributed by atoms with Gasteiger partial charge in [-0.2, -0.15) is 0 Å². The van der Waals surface area contributed by atoms with Crippen molar-refractivity contribution in [3.63, 3.8) is 0 Å². The standard InChI is InChI=1S/C33H21N3O15/c37-25(13-1-16(28(40)41)7-17(2-13)29(42)43)34-22-10-23(35-26(38)14-3-18(30(44)45)8-19(4-14)31(46)47)12-24(11-22)36-27(39)15-5-20(32(48)49)9-21(6-15)33(50)51/h1-12H,(H,34,37)(H,35,38)(H,36,39)(H,40,41)(H,42,43)(H,44,45)(H,46,47)(H,48,49)(H,50,51). The SMILES string of the molecule is O=C(O)c1cc(C(=O)O)cc(C(=O)Nc2cc(NC(=O)c3cc(C(=O)O)cc(C(=O)O)c3)cc(NC(=O)c3cc(C(=O)O)cc(C(=O)O)c3)c2)c1. The molecule has 0 radical (unpaired) electrons. The molecule has 51 heavy (non-hydrogen) atoms. The predicted molar refractivity (Wildman–Crippen MR) is 171 cm³/mol. The van der Waals surface area contributed by atoms with Crippen LogP contribution in [0.3, 0.4) is 0 Å². The van der Waals surface area contributed by atoms with Gasteiger partial charge in [0.05, 0.1) is 33.4 Å². The van der Waals surface area contributed by atoms with Crippen molar-refractivity contribution in [2.24, 2.45) is 0 Å². The fourth-order valence-corrected chi connectivity index (χ4v) is 4.47. The molecule has 0 aliphatic rings. The van der Waals surface area contributed by atoms with E-state index >= 15 is 0 Å². The lowest BCUT2D eigenvalue weighted by molar-refractivity contribution is 0.0676. The maximum atomic E-state index is 13.2. The zero-order valence-corrected chi connectivity index (χ0v) is 25.3. The Bertz CT molecular complexity index is 1870. The molecule has 0 spiro atoms. The summed E-state index contributed by atoms with van der Waals surface area (Å²) in [7, 11) is 0. The average Bonchev–Trinajstić information content (AvgIpc) is 3.07. The minimum atomic E-state index is -1.54. The summed E-state index contributed by atoms with van der Waals surface area (Å²) in [6.07, 6.45) is 0. The van der Waals surface area contributed by atoms with Gasteiger partial charge in [0.1, 0.15) is 0 Å². The zero-order valence-electron chi connectivity index (χ0n) is 25.3. The number of carboxylic acid groups (broad SMARTS) is 6. The van der Waals surface area contributed by atoms with Gasteiger partial charge in [-0.1, -0.05) is 0 Å². The van der Waals surface area contributed by atoms with E-state index in [0.717, 1.165) is 72.8 Å². The van der Waals surface area contributed by atoms with E-state index in [1.165, 1.54) is 0 Å². The molecule has 3 amide bonds. The fraction of sp³-hybridized carbons (Fsp3) is 0. The van der Waals surface area contributed by atoms with Crippen LogP contribution in [-0.2, 0) is 0 Å². The highest BCUT2D eigenvalue weighted by Crippen LogP contribution is 2.26. The summed E-state index contributed by atoms with van der Waals surface area (Å²) in [4.78, 5) is 109. The minimum Gasteiger partial charge on any atom is -0.478 e. The molecule has 18 nitrogen and oxygen atoms in total. The molecule has 0 fully saturated rings. The van der Waals surface area contributed by atoms with Crippen LogP contribution in [-0.4, -0.2) is 84.2 Å². The van der Waals surface area contributed by atoms with Crippen LogP contribution in [0, 0.1) is 0 Å². The highest BCUT2D eigenvalue weighted by atomic mass is 16.4. The van der Waals surface area contributed by atoms with Crippen molar-refractivity contribution in [2.75, 3.05) is 16.0 Å². The molecule has 258 valence electrons. The summed E-state index contributed by atoms with van der Waals surface area (Å²) in [5, 5.41) is 63.3. The molecule has 4 aromatic rings.